The van der Waals surface area contributed by atoms with E-state index in [2.05, 4.69) is 6.07 Å². The van der Waals surface area contributed by atoms with E-state index in [1.807, 2.05) is 12.1 Å². The largest absolute Gasteiger partial charge is 0.495 e. The molecule has 0 aliphatic heterocycles. The topological polar surface area (TPSA) is 68.3 Å². The van der Waals surface area contributed by atoms with Gasteiger partial charge in [-0.1, -0.05) is 12.1 Å². The lowest BCUT2D eigenvalue weighted by Crippen LogP contribution is -1.98. The predicted molar refractivity (Wildman–Crippen MR) is 72.9 cm³/mol. The van der Waals surface area contributed by atoms with Gasteiger partial charge in [-0.2, -0.15) is 5.26 Å². The van der Waals surface area contributed by atoms with Crippen molar-refractivity contribution < 1.29 is 9.47 Å². The third-order valence-electron chi connectivity index (χ3n) is 2.66. The van der Waals surface area contributed by atoms with Crippen LogP contribution in [0.2, 0.25) is 0 Å². The summed E-state index contributed by atoms with van der Waals surface area (Å²) in [5, 5.41) is 8.82. The first-order valence-electron chi connectivity index (χ1n) is 5.78. The Kier molecular flexibility index (Phi) is 3.89. The van der Waals surface area contributed by atoms with Crippen molar-refractivity contribution >= 4 is 5.69 Å². The van der Waals surface area contributed by atoms with Crippen molar-refractivity contribution in [3.8, 4) is 17.6 Å². The molecule has 0 bridgehead atoms. The molecule has 96 valence electrons. The van der Waals surface area contributed by atoms with Crippen LogP contribution in [0.1, 0.15) is 11.1 Å². The van der Waals surface area contributed by atoms with Gasteiger partial charge in [0, 0.05) is 6.07 Å². The Morgan fingerprint density at radius 2 is 2.05 bits per heavy atom. The lowest BCUT2D eigenvalue weighted by Gasteiger charge is -2.09. The maximum Gasteiger partial charge on any atom is 0.142 e. The summed E-state index contributed by atoms with van der Waals surface area (Å²) in [7, 11) is 1.57. The molecule has 4 nitrogen and oxygen atoms in total. The Balaban J connectivity index is 2.06. The minimum atomic E-state index is 0.390. The summed E-state index contributed by atoms with van der Waals surface area (Å²) in [5.74, 6) is 1.29. The van der Waals surface area contributed by atoms with E-state index in [4.69, 9.17) is 20.5 Å². The second-order valence-electron chi connectivity index (χ2n) is 4.00. The van der Waals surface area contributed by atoms with Gasteiger partial charge < -0.3 is 15.2 Å². The average Bonchev–Trinajstić information content (AvgIpc) is 2.45. The van der Waals surface area contributed by atoms with Crippen LogP contribution in [0.25, 0.3) is 0 Å². The van der Waals surface area contributed by atoms with Gasteiger partial charge in [-0.15, -0.1) is 0 Å². The molecule has 0 heterocycles. The first-order chi connectivity index (χ1) is 9.22. The highest BCUT2D eigenvalue weighted by Crippen LogP contribution is 2.26. The smallest absolute Gasteiger partial charge is 0.142 e. The standard InChI is InChI=1S/C15H14N2O2/c1-18-15-6-5-13(8-14(15)17)19-10-12-4-2-3-11(7-12)9-16/h2-8H,10,17H2,1H3. The van der Waals surface area contributed by atoms with Crippen molar-refractivity contribution in [3.05, 3.63) is 53.6 Å². The van der Waals surface area contributed by atoms with Crippen molar-refractivity contribution in [2.75, 3.05) is 12.8 Å². The van der Waals surface area contributed by atoms with Gasteiger partial charge in [-0.05, 0) is 29.8 Å². The summed E-state index contributed by atoms with van der Waals surface area (Å²) in [6.45, 7) is 0.390. The number of hydrogen-bond acceptors (Lipinski definition) is 4. The lowest BCUT2D eigenvalue weighted by atomic mass is 10.1. The summed E-state index contributed by atoms with van der Waals surface area (Å²) in [6.07, 6.45) is 0. The Morgan fingerprint density at radius 1 is 1.21 bits per heavy atom. The van der Waals surface area contributed by atoms with Crippen LogP contribution in [-0.2, 0) is 6.61 Å². The predicted octanol–water partition coefficient (Wildman–Crippen LogP) is 2.73. The second kappa shape index (κ2) is 5.78. The normalized spacial score (nSPS) is 9.68. The highest BCUT2D eigenvalue weighted by molar-refractivity contribution is 5.56. The van der Waals surface area contributed by atoms with E-state index in [1.54, 1.807) is 37.4 Å². The van der Waals surface area contributed by atoms with Crippen LogP contribution in [0.5, 0.6) is 11.5 Å². The second-order valence-corrected chi connectivity index (χ2v) is 4.00. The number of nitrogens with zero attached hydrogens (tertiary/aromatic N) is 1. The molecule has 2 rings (SSSR count). The van der Waals surface area contributed by atoms with Crippen LogP contribution >= 0.6 is 0 Å². The van der Waals surface area contributed by atoms with Crippen LogP contribution in [0.3, 0.4) is 0 Å². The first-order valence-corrected chi connectivity index (χ1v) is 5.78. The summed E-state index contributed by atoms with van der Waals surface area (Å²) in [6, 6.07) is 14.7. The Labute approximate surface area is 112 Å². The zero-order chi connectivity index (χ0) is 13.7. The molecule has 2 N–H and O–H groups in total. The molecule has 0 radical (unpaired) electrons. The molecule has 4 heteroatoms. The number of methoxy groups -OCH3 is 1. The number of benzene rings is 2. The van der Waals surface area contributed by atoms with Crippen LogP contribution in [0, 0.1) is 11.3 Å². The molecule has 2 aromatic rings. The molecule has 0 aliphatic rings. The van der Waals surface area contributed by atoms with Crippen molar-refractivity contribution in [2.24, 2.45) is 0 Å². The highest BCUT2D eigenvalue weighted by Gasteiger charge is 2.02. The molecule has 0 fully saturated rings. The van der Waals surface area contributed by atoms with Crippen molar-refractivity contribution in [3.63, 3.8) is 0 Å². The van der Waals surface area contributed by atoms with E-state index < -0.39 is 0 Å². The van der Waals surface area contributed by atoms with E-state index >= 15 is 0 Å². The Hall–Kier alpha value is -2.67. The Bertz CT molecular complexity index is 618. The number of nitrogens with two attached hydrogens (primary N) is 1. The van der Waals surface area contributed by atoms with Gasteiger partial charge in [-0.3, -0.25) is 0 Å². The molecule has 0 spiro atoms. The SMILES string of the molecule is COc1ccc(OCc2cccc(C#N)c2)cc1N. The monoisotopic (exact) mass is 254 g/mol. The lowest BCUT2D eigenvalue weighted by molar-refractivity contribution is 0.305. The molecule has 0 saturated heterocycles. The fraction of sp³-hybridized carbons (Fsp3) is 0.133. The molecular weight excluding hydrogens is 240 g/mol. The maximum atomic E-state index is 8.82. The molecule has 0 aromatic heterocycles. The zero-order valence-corrected chi connectivity index (χ0v) is 10.6. The number of rotatable bonds is 4. The highest BCUT2D eigenvalue weighted by atomic mass is 16.5. The number of hydrogen-bond donors (Lipinski definition) is 1. The van der Waals surface area contributed by atoms with Gasteiger partial charge in [0.25, 0.3) is 0 Å². The number of anilines is 1. The van der Waals surface area contributed by atoms with Crippen LogP contribution in [-0.4, -0.2) is 7.11 Å². The van der Waals surface area contributed by atoms with Crippen LogP contribution in [0.15, 0.2) is 42.5 Å². The van der Waals surface area contributed by atoms with Crippen molar-refractivity contribution in [2.45, 2.75) is 6.61 Å². The minimum Gasteiger partial charge on any atom is -0.495 e. The van der Waals surface area contributed by atoms with Gasteiger partial charge in [0.1, 0.15) is 18.1 Å². The quantitative estimate of drug-likeness (QED) is 0.852. The van der Waals surface area contributed by atoms with E-state index in [1.165, 1.54) is 0 Å². The number of nitrogen functional groups attached to an aromatic ring is 1. The van der Waals surface area contributed by atoms with E-state index in [-0.39, 0.29) is 0 Å². The van der Waals surface area contributed by atoms with Crippen molar-refractivity contribution in [1.29, 1.82) is 5.26 Å². The summed E-state index contributed by atoms with van der Waals surface area (Å²) in [5.41, 5.74) is 7.89. The van der Waals surface area contributed by atoms with E-state index in [0.717, 1.165) is 5.56 Å². The first kappa shape index (κ1) is 12.8. The fourth-order valence-corrected chi connectivity index (χ4v) is 1.70. The van der Waals surface area contributed by atoms with Gasteiger partial charge in [0.2, 0.25) is 0 Å². The Morgan fingerprint density at radius 3 is 2.74 bits per heavy atom. The third-order valence-corrected chi connectivity index (χ3v) is 2.66. The molecule has 19 heavy (non-hydrogen) atoms. The summed E-state index contributed by atoms with van der Waals surface area (Å²) in [4.78, 5) is 0. The zero-order valence-electron chi connectivity index (χ0n) is 10.6. The summed E-state index contributed by atoms with van der Waals surface area (Å²) < 4.78 is 10.7. The maximum absolute atomic E-state index is 8.82. The average molecular weight is 254 g/mol. The van der Waals surface area contributed by atoms with Crippen molar-refractivity contribution in [1.82, 2.24) is 0 Å². The molecule has 2 aromatic carbocycles. The third kappa shape index (κ3) is 3.17. The van der Waals surface area contributed by atoms with E-state index in [0.29, 0.717) is 29.4 Å². The minimum absolute atomic E-state index is 0.390. The molecule has 0 unspecified atom stereocenters. The number of nitriles is 1. The van der Waals surface area contributed by atoms with Crippen LogP contribution in [0.4, 0.5) is 5.69 Å². The van der Waals surface area contributed by atoms with Crippen LogP contribution < -0.4 is 15.2 Å². The molecular formula is C15H14N2O2. The van der Waals surface area contributed by atoms with Gasteiger partial charge in [-0.25, -0.2) is 0 Å². The van der Waals surface area contributed by atoms with E-state index in [9.17, 15) is 0 Å². The fourth-order valence-electron chi connectivity index (χ4n) is 1.70. The molecule has 0 amide bonds. The number of ether oxygens (including phenoxy) is 2. The molecule has 0 aliphatic carbocycles. The van der Waals surface area contributed by atoms with Gasteiger partial charge >= 0.3 is 0 Å². The molecule has 0 atom stereocenters. The van der Waals surface area contributed by atoms with Gasteiger partial charge in [0.15, 0.2) is 0 Å². The van der Waals surface area contributed by atoms with Gasteiger partial charge in [0.05, 0.1) is 24.4 Å². The summed E-state index contributed by atoms with van der Waals surface area (Å²) >= 11 is 0. The molecule has 0 saturated carbocycles.